The first kappa shape index (κ1) is 11.8. The van der Waals surface area contributed by atoms with Crippen molar-refractivity contribution in [1.82, 2.24) is 9.55 Å². The van der Waals surface area contributed by atoms with Crippen molar-refractivity contribution in [2.45, 2.75) is 5.33 Å². The SMILES string of the molecule is Clc1cccc(-n2cnc3ccccc32)c1CBr. The third-order valence-electron chi connectivity index (χ3n) is 2.94. The van der Waals surface area contributed by atoms with E-state index in [1.54, 1.807) is 0 Å². The Morgan fingerprint density at radius 2 is 1.94 bits per heavy atom. The topological polar surface area (TPSA) is 17.8 Å². The fourth-order valence-corrected chi connectivity index (χ4v) is 3.04. The molecular weight excluding hydrogens is 312 g/mol. The summed E-state index contributed by atoms with van der Waals surface area (Å²) in [5.74, 6) is 0. The van der Waals surface area contributed by atoms with Crippen LogP contribution >= 0.6 is 27.5 Å². The molecule has 3 aromatic rings. The van der Waals surface area contributed by atoms with Crippen molar-refractivity contribution in [2.75, 3.05) is 0 Å². The number of aromatic nitrogens is 2. The van der Waals surface area contributed by atoms with Gasteiger partial charge in [-0.1, -0.05) is 45.7 Å². The van der Waals surface area contributed by atoms with Crippen LogP contribution in [0.3, 0.4) is 0 Å². The Kier molecular flexibility index (Phi) is 3.10. The number of hydrogen-bond donors (Lipinski definition) is 0. The number of para-hydroxylation sites is 2. The molecule has 0 aliphatic carbocycles. The number of rotatable bonds is 2. The lowest BCUT2D eigenvalue weighted by atomic mass is 10.2. The van der Waals surface area contributed by atoms with Gasteiger partial charge in [-0.25, -0.2) is 4.98 Å². The average molecular weight is 322 g/mol. The summed E-state index contributed by atoms with van der Waals surface area (Å²) >= 11 is 9.72. The van der Waals surface area contributed by atoms with E-state index in [1.807, 2.05) is 36.7 Å². The van der Waals surface area contributed by atoms with Gasteiger partial charge >= 0.3 is 0 Å². The number of fused-ring (bicyclic) bond motifs is 1. The molecule has 90 valence electrons. The van der Waals surface area contributed by atoms with Gasteiger partial charge in [-0.05, 0) is 24.3 Å². The maximum Gasteiger partial charge on any atom is 0.100 e. The number of hydrogen-bond acceptors (Lipinski definition) is 1. The number of alkyl halides is 1. The fourth-order valence-electron chi connectivity index (χ4n) is 2.06. The molecule has 0 saturated carbocycles. The van der Waals surface area contributed by atoms with E-state index in [2.05, 4.69) is 37.6 Å². The molecule has 2 nitrogen and oxygen atoms in total. The van der Waals surface area contributed by atoms with E-state index in [9.17, 15) is 0 Å². The molecule has 0 amide bonds. The number of imidazole rings is 1. The van der Waals surface area contributed by atoms with E-state index in [0.29, 0.717) is 5.33 Å². The van der Waals surface area contributed by atoms with Crippen molar-refractivity contribution in [3.8, 4) is 5.69 Å². The second-order valence-electron chi connectivity index (χ2n) is 3.97. The Labute approximate surface area is 118 Å². The summed E-state index contributed by atoms with van der Waals surface area (Å²) in [6.45, 7) is 0. The largest absolute Gasteiger partial charge is 0.298 e. The van der Waals surface area contributed by atoms with Crippen molar-refractivity contribution >= 4 is 38.6 Å². The summed E-state index contributed by atoms with van der Waals surface area (Å²) in [5.41, 5.74) is 4.20. The number of benzene rings is 2. The van der Waals surface area contributed by atoms with E-state index in [4.69, 9.17) is 11.6 Å². The summed E-state index contributed by atoms with van der Waals surface area (Å²) in [6, 6.07) is 14.0. The summed E-state index contributed by atoms with van der Waals surface area (Å²) in [6.07, 6.45) is 1.84. The highest BCUT2D eigenvalue weighted by Crippen LogP contribution is 2.27. The molecule has 3 rings (SSSR count). The Bertz CT molecular complexity index is 706. The van der Waals surface area contributed by atoms with Gasteiger partial charge in [0, 0.05) is 15.9 Å². The monoisotopic (exact) mass is 320 g/mol. The smallest absolute Gasteiger partial charge is 0.100 e. The minimum absolute atomic E-state index is 0.717. The van der Waals surface area contributed by atoms with Gasteiger partial charge in [0.2, 0.25) is 0 Å². The molecule has 0 unspecified atom stereocenters. The number of nitrogens with zero attached hydrogens (tertiary/aromatic N) is 2. The molecule has 2 aromatic carbocycles. The van der Waals surface area contributed by atoms with Crippen molar-refractivity contribution in [1.29, 1.82) is 0 Å². The molecule has 4 heteroatoms. The van der Waals surface area contributed by atoms with Crippen molar-refractivity contribution in [3.05, 3.63) is 59.4 Å². The van der Waals surface area contributed by atoms with Crippen molar-refractivity contribution < 1.29 is 0 Å². The maximum atomic E-state index is 6.23. The van der Waals surface area contributed by atoms with Gasteiger partial charge < -0.3 is 0 Å². The summed E-state index contributed by atoms with van der Waals surface area (Å²) in [5, 5.41) is 1.48. The second kappa shape index (κ2) is 4.75. The third kappa shape index (κ3) is 1.84. The Morgan fingerprint density at radius 3 is 2.78 bits per heavy atom. The van der Waals surface area contributed by atoms with Crippen LogP contribution in [0.5, 0.6) is 0 Å². The molecule has 0 N–H and O–H groups in total. The molecular formula is C14H10BrClN2. The summed E-state index contributed by atoms with van der Waals surface area (Å²) in [4.78, 5) is 4.40. The molecule has 0 fully saturated rings. The lowest BCUT2D eigenvalue weighted by Crippen LogP contribution is -1.97. The van der Waals surface area contributed by atoms with E-state index in [-0.39, 0.29) is 0 Å². The fraction of sp³-hybridized carbons (Fsp3) is 0.0714. The molecule has 0 spiro atoms. The molecule has 0 saturated heterocycles. The van der Waals surface area contributed by atoms with Gasteiger partial charge in [-0.15, -0.1) is 0 Å². The van der Waals surface area contributed by atoms with E-state index >= 15 is 0 Å². The van der Waals surface area contributed by atoms with Gasteiger partial charge in [0.1, 0.15) is 6.33 Å². The van der Waals surface area contributed by atoms with Gasteiger partial charge in [0.05, 0.1) is 16.7 Å². The predicted octanol–water partition coefficient (Wildman–Crippen LogP) is 4.57. The van der Waals surface area contributed by atoms with Crippen LogP contribution in [0.1, 0.15) is 5.56 Å². The van der Waals surface area contributed by atoms with E-state index in [1.165, 1.54) is 0 Å². The lowest BCUT2D eigenvalue weighted by molar-refractivity contribution is 1.07. The highest BCUT2D eigenvalue weighted by atomic mass is 79.9. The van der Waals surface area contributed by atoms with Crippen LogP contribution in [-0.2, 0) is 5.33 Å². The summed E-state index contributed by atoms with van der Waals surface area (Å²) < 4.78 is 2.07. The van der Waals surface area contributed by atoms with E-state index in [0.717, 1.165) is 27.3 Å². The molecule has 0 radical (unpaired) electrons. The molecule has 18 heavy (non-hydrogen) atoms. The standard InChI is InChI=1S/C14H10BrClN2/c15-8-10-11(16)4-3-7-13(10)18-9-17-12-5-1-2-6-14(12)18/h1-7,9H,8H2. The lowest BCUT2D eigenvalue weighted by Gasteiger charge is -2.10. The first-order valence-corrected chi connectivity index (χ1v) is 7.07. The number of halogens is 2. The predicted molar refractivity (Wildman–Crippen MR) is 78.7 cm³/mol. The Hall–Kier alpha value is -1.32. The van der Waals surface area contributed by atoms with Crippen LogP contribution in [0, 0.1) is 0 Å². The molecule has 0 aliphatic rings. The first-order chi connectivity index (χ1) is 8.81. The molecule has 1 heterocycles. The van der Waals surface area contributed by atoms with Gasteiger partial charge in [-0.3, -0.25) is 4.57 Å². The normalized spacial score (nSPS) is 11.0. The van der Waals surface area contributed by atoms with Crippen molar-refractivity contribution in [2.24, 2.45) is 0 Å². The van der Waals surface area contributed by atoms with Crippen LogP contribution < -0.4 is 0 Å². The van der Waals surface area contributed by atoms with Crippen LogP contribution in [-0.4, -0.2) is 9.55 Å². The van der Waals surface area contributed by atoms with Gasteiger partial charge in [0.15, 0.2) is 0 Å². The minimum Gasteiger partial charge on any atom is -0.298 e. The second-order valence-corrected chi connectivity index (χ2v) is 4.94. The summed E-state index contributed by atoms with van der Waals surface area (Å²) in [7, 11) is 0. The van der Waals surface area contributed by atoms with Crippen LogP contribution in [0.15, 0.2) is 48.8 Å². The van der Waals surface area contributed by atoms with Crippen molar-refractivity contribution in [3.63, 3.8) is 0 Å². The molecule has 0 bridgehead atoms. The van der Waals surface area contributed by atoms with Gasteiger partial charge in [0.25, 0.3) is 0 Å². The van der Waals surface area contributed by atoms with Crippen LogP contribution in [0.4, 0.5) is 0 Å². The quantitative estimate of drug-likeness (QED) is 0.632. The zero-order valence-electron chi connectivity index (χ0n) is 9.48. The van der Waals surface area contributed by atoms with Crippen LogP contribution in [0.2, 0.25) is 5.02 Å². The minimum atomic E-state index is 0.717. The molecule has 1 aromatic heterocycles. The average Bonchev–Trinajstić information content (AvgIpc) is 2.82. The zero-order valence-corrected chi connectivity index (χ0v) is 11.8. The Balaban J connectivity index is 2.30. The zero-order chi connectivity index (χ0) is 12.5. The molecule has 0 aliphatic heterocycles. The first-order valence-electron chi connectivity index (χ1n) is 5.57. The maximum absolute atomic E-state index is 6.23. The van der Waals surface area contributed by atoms with E-state index < -0.39 is 0 Å². The Morgan fingerprint density at radius 1 is 1.11 bits per heavy atom. The highest BCUT2D eigenvalue weighted by Gasteiger charge is 2.10. The molecule has 0 atom stereocenters. The third-order valence-corrected chi connectivity index (χ3v) is 3.86. The highest BCUT2D eigenvalue weighted by molar-refractivity contribution is 9.08. The van der Waals surface area contributed by atoms with Crippen LogP contribution in [0.25, 0.3) is 16.7 Å². The van der Waals surface area contributed by atoms with Gasteiger partial charge in [-0.2, -0.15) is 0 Å².